The molecule has 5 rings (SSSR count). The number of nitrogens with one attached hydrogen (secondary N) is 1. The summed E-state index contributed by atoms with van der Waals surface area (Å²) in [5, 5.41) is 4.35. The lowest BCUT2D eigenvalue weighted by atomic mass is 9.91. The molecule has 1 N–H and O–H groups in total. The molecule has 33 heavy (non-hydrogen) atoms. The second-order valence-electron chi connectivity index (χ2n) is 8.64. The van der Waals surface area contributed by atoms with Crippen LogP contribution < -0.4 is 5.32 Å². The zero-order chi connectivity index (χ0) is 22.8. The van der Waals surface area contributed by atoms with Gasteiger partial charge in [-0.15, -0.1) is 0 Å². The summed E-state index contributed by atoms with van der Waals surface area (Å²) in [5.74, 6) is -0.351. The molecule has 0 unspecified atom stereocenters. The fraction of sp³-hybridized carbons (Fsp3) is 0.346. The third-order valence-electron chi connectivity index (χ3n) is 6.76. The molecule has 2 aromatic heterocycles. The van der Waals surface area contributed by atoms with Crippen LogP contribution in [0.2, 0.25) is 0 Å². The first-order valence-corrected chi connectivity index (χ1v) is 11.9. The number of thiocarbonyl (C=S) groups is 1. The Balaban J connectivity index is 1.63. The summed E-state index contributed by atoms with van der Waals surface area (Å²) in [7, 11) is 1.41. The highest BCUT2D eigenvalue weighted by Crippen LogP contribution is 2.43. The Morgan fingerprint density at radius 1 is 1.06 bits per heavy atom. The predicted octanol–water partition coefficient (Wildman–Crippen LogP) is 4.96. The largest absolute Gasteiger partial charge is 0.465 e. The third kappa shape index (κ3) is 4.02. The van der Waals surface area contributed by atoms with E-state index >= 15 is 0 Å². The van der Waals surface area contributed by atoms with Crippen molar-refractivity contribution in [2.75, 3.05) is 7.11 Å². The molecular weight excluding hydrogens is 432 g/mol. The van der Waals surface area contributed by atoms with E-state index in [-0.39, 0.29) is 18.1 Å². The van der Waals surface area contributed by atoms with E-state index in [4.69, 9.17) is 17.0 Å². The number of benzene rings is 1. The second kappa shape index (κ2) is 9.35. The van der Waals surface area contributed by atoms with Crippen LogP contribution in [-0.4, -0.2) is 38.7 Å². The molecule has 0 amide bonds. The first-order valence-electron chi connectivity index (χ1n) is 11.5. The van der Waals surface area contributed by atoms with Crippen LogP contribution in [0.25, 0.3) is 5.69 Å². The quantitative estimate of drug-likeness (QED) is 0.429. The number of methoxy groups -OCH3 is 1. The van der Waals surface area contributed by atoms with Crippen molar-refractivity contribution in [3.8, 4) is 5.69 Å². The highest BCUT2D eigenvalue weighted by atomic mass is 32.1. The van der Waals surface area contributed by atoms with E-state index in [2.05, 4.69) is 25.8 Å². The zero-order valence-electron chi connectivity index (χ0n) is 18.7. The van der Waals surface area contributed by atoms with Gasteiger partial charge in [0.2, 0.25) is 0 Å². The maximum atomic E-state index is 12.5. The SMILES string of the molecule is COC(=O)c1ccccc1-n1cccc1[C@@H]1[C@H](c2ccccn2)NC(=S)N1C1CCCCC1. The number of para-hydroxylation sites is 1. The number of hydrogen-bond donors (Lipinski definition) is 1. The van der Waals surface area contributed by atoms with Gasteiger partial charge >= 0.3 is 5.97 Å². The Kier molecular flexibility index (Phi) is 6.13. The van der Waals surface area contributed by atoms with Crippen molar-refractivity contribution in [1.29, 1.82) is 0 Å². The van der Waals surface area contributed by atoms with Gasteiger partial charge in [-0.25, -0.2) is 4.79 Å². The number of ether oxygens (including phenoxy) is 1. The fourth-order valence-electron chi connectivity index (χ4n) is 5.26. The zero-order valence-corrected chi connectivity index (χ0v) is 19.5. The van der Waals surface area contributed by atoms with Gasteiger partial charge in [-0.3, -0.25) is 4.98 Å². The lowest BCUT2D eigenvalue weighted by molar-refractivity contribution is 0.0600. The molecule has 2 fully saturated rings. The van der Waals surface area contributed by atoms with Crippen molar-refractivity contribution >= 4 is 23.3 Å². The summed E-state index contributed by atoms with van der Waals surface area (Å²) in [5.41, 5.74) is 3.35. The van der Waals surface area contributed by atoms with Crippen molar-refractivity contribution < 1.29 is 9.53 Å². The van der Waals surface area contributed by atoms with Crippen molar-refractivity contribution in [2.24, 2.45) is 0 Å². The highest BCUT2D eigenvalue weighted by molar-refractivity contribution is 7.80. The first kappa shape index (κ1) is 21.6. The molecule has 170 valence electrons. The molecule has 1 aromatic carbocycles. The number of carbonyl (C=O) groups is 1. The summed E-state index contributed by atoms with van der Waals surface area (Å²) in [6.07, 6.45) is 9.81. The summed E-state index contributed by atoms with van der Waals surface area (Å²) in [6.45, 7) is 0. The molecule has 6 nitrogen and oxygen atoms in total. The lowest BCUT2D eigenvalue weighted by Crippen LogP contribution is -2.40. The number of esters is 1. The highest BCUT2D eigenvalue weighted by Gasteiger charge is 2.44. The van der Waals surface area contributed by atoms with Crippen LogP contribution in [0.4, 0.5) is 0 Å². The smallest absolute Gasteiger partial charge is 0.339 e. The van der Waals surface area contributed by atoms with Gasteiger partial charge in [0.15, 0.2) is 5.11 Å². The number of carbonyl (C=O) groups excluding carboxylic acids is 1. The molecule has 3 heterocycles. The van der Waals surface area contributed by atoms with E-state index in [1.165, 1.54) is 26.4 Å². The maximum Gasteiger partial charge on any atom is 0.339 e. The summed E-state index contributed by atoms with van der Waals surface area (Å²) >= 11 is 5.90. The topological polar surface area (TPSA) is 59.4 Å². The standard InChI is InChI=1S/C26H28N4O2S/c1-32-25(31)19-12-5-6-14-21(19)29-17-9-15-22(29)24-23(20-13-7-8-16-27-20)28-26(33)30(24)18-10-3-2-4-11-18/h5-9,12-18,23-24H,2-4,10-11H2,1H3,(H,28,33)/t23-,24+/m0/s1. The average molecular weight is 461 g/mol. The monoisotopic (exact) mass is 460 g/mol. The molecule has 1 aliphatic heterocycles. The normalized spacial score (nSPS) is 21.1. The minimum atomic E-state index is -0.351. The van der Waals surface area contributed by atoms with E-state index < -0.39 is 0 Å². The van der Waals surface area contributed by atoms with Crippen LogP contribution in [0.15, 0.2) is 67.0 Å². The predicted molar refractivity (Wildman–Crippen MR) is 131 cm³/mol. The molecule has 1 saturated carbocycles. The van der Waals surface area contributed by atoms with Crippen molar-refractivity contribution in [2.45, 2.75) is 50.2 Å². The minimum Gasteiger partial charge on any atom is -0.465 e. The summed E-state index contributed by atoms with van der Waals surface area (Å²) in [6, 6.07) is 18.0. The molecule has 0 bridgehead atoms. The molecule has 1 aliphatic carbocycles. The average Bonchev–Trinajstić information content (AvgIpc) is 3.48. The summed E-state index contributed by atoms with van der Waals surface area (Å²) < 4.78 is 7.15. The second-order valence-corrected chi connectivity index (χ2v) is 9.02. The van der Waals surface area contributed by atoms with Gasteiger partial charge in [0.25, 0.3) is 0 Å². The van der Waals surface area contributed by atoms with Crippen LogP contribution in [-0.2, 0) is 4.74 Å². The Morgan fingerprint density at radius 2 is 1.85 bits per heavy atom. The van der Waals surface area contributed by atoms with Crippen molar-refractivity contribution in [3.63, 3.8) is 0 Å². The van der Waals surface area contributed by atoms with E-state index in [1.54, 1.807) is 6.07 Å². The Labute approximate surface area is 199 Å². The Hall–Kier alpha value is -3.19. The van der Waals surface area contributed by atoms with Crippen LogP contribution >= 0.6 is 12.2 Å². The number of aromatic nitrogens is 2. The van der Waals surface area contributed by atoms with Gasteiger partial charge in [-0.05, 0) is 61.5 Å². The molecule has 7 heteroatoms. The summed E-state index contributed by atoms with van der Waals surface area (Å²) in [4.78, 5) is 19.6. The molecule has 0 spiro atoms. The molecule has 3 aromatic rings. The molecule has 0 radical (unpaired) electrons. The van der Waals surface area contributed by atoms with Gasteiger partial charge in [-0.2, -0.15) is 0 Å². The van der Waals surface area contributed by atoms with Crippen LogP contribution in [0.3, 0.4) is 0 Å². The molecular formula is C26H28N4O2S. The van der Waals surface area contributed by atoms with Crippen LogP contribution in [0.5, 0.6) is 0 Å². The van der Waals surface area contributed by atoms with E-state index in [0.29, 0.717) is 11.6 Å². The Morgan fingerprint density at radius 3 is 2.61 bits per heavy atom. The number of rotatable bonds is 5. The Bertz CT molecular complexity index is 1140. The number of hydrogen-bond acceptors (Lipinski definition) is 4. The fourth-order valence-corrected chi connectivity index (χ4v) is 5.64. The maximum absolute atomic E-state index is 12.5. The van der Waals surface area contributed by atoms with Gasteiger partial charge in [-0.1, -0.05) is 37.5 Å². The van der Waals surface area contributed by atoms with Crippen molar-refractivity contribution in [1.82, 2.24) is 19.8 Å². The first-order chi connectivity index (χ1) is 16.2. The molecule has 1 saturated heterocycles. The molecule has 2 aliphatic rings. The van der Waals surface area contributed by atoms with Gasteiger partial charge in [0.05, 0.1) is 36.1 Å². The number of pyridine rings is 1. The van der Waals surface area contributed by atoms with E-state index in [0.717, 1.165) is 35.0 Å². The van der Waals surface area contributed by atoms with Gasteiger partial charge < -0.3 is 19.5 Å². The molecule has 2 atom stereocenters. The third-order valence-corrected chi connectivity index (χ3v) is 7.08. The van der Waals surface area contributed by atoms with Crippen LogP contribution in [0.1, 0.15) is 65.9 Å². The number of nitrogens with zero attached hydrogens (tertiary/aromatic N) is 3. The van der Waals surface area contributed by atoms with E-state index in [1.807, 2.05) is 54.9 Å². The van der Waals surface area contributed by atoms with Crippen molar-refractivity contribution in [3.05, 3.63) is 83.9 Å². The van der Waals surface area contributed by atoms with Gasteiger partial charge in [0, 0.05) is 24.1 Å². The van der Waals surface area contributed by atoms with Crippen LogP contribution in [0, 0.1) is 0 Å². The van der Waals surface area contributed by atoms with E-state index in [9.17, 15) is 4.79 Å². The minimum absolute atomic E-state index is 0.0452. The lowest BCUT2D eigenvalue weighted by Gasteiger charge is -2.37. The van der Waals surface area contributed by atoms with Gasteiger partial charge in [0.1, 0.15) is 0 Å².